The van der Waals surface area contributed by atoms with Crippen LogP contribution < -0.4 is 0 Å². The second-order valence-corrected chi connectivity index (χ2v) is 6.23. The van der Waals surface area contributed by atoms with E-state index >= 15 is 0 Å². The molecule has 3 nitrogen and oxygen atoms in total. The number of rotatable bonds is 3. The van der Waals surface area contributed by atoms with Crippen molar-refractivity contribution in [3.8, 4) is 0 Å². The lowest BCUT2D eigenvalue weighted by Crippen LogP contribution is -2.01. The van der Waals surface area contributed by atoms with Gasteiger partial charge in [0, 0.05) is 5.39 Å². The van der Waals surface area contributed by atoms with Gasteiger partial charge in [0.15, 0.2) is 0 Å². The normalized spacial score (nSPS) is 12.2. The fraction of sp³-hybridized carbons (Fsp3) is 0.286. The van der Waals surface area contributed by atoms with Crippen molar-refractivity contribution >= 4 is 20.9 Å². The first-order chi connectivity index (χ1) is 8.39. The van der Waals surface area contributed by atoms with Crippen LogP contribution in [0.2, 0.25) is 0 Å². The number of fused-ring (bicyclic) bond motifs is 1. The summed E-state index contributed by atoms with van der Waals surface area (Å²) in [5.41, 5.74) is 1.10. The van der Waals surface area contributed by atoms with Crippen molar-refractivity contribution in [3.63, 3.8) is 0 Å². The Morgan fingerprint density at radius 1 is 1.06 bits per heavy atom. The third-order valence-corrected chi connectivity index (χ3v) is 3.79. The molecule has 0 aliphatic carbocycles. The van der Waals surface area contributed by atoms with Crippen LogP contribution in [0.5, 0.6) is 0 Å². The van der Waals surface area contributed by atoms with Crippen LogP contribution >= 0.6 is 0 Å². The van der Waals surface area contributed by atoms with E-state index in [0.717, 1.165) is 17.4 Å². The number of hydrogen-bond acceptors (Lipinski definition) is 2. The first kappa shape index (κ1) is 13.1. The molecule has 2 aromatic rings. The molecule has 0 spiro atoms. The highest BCUT2D eigenvalue weighted by atomic mass is 32.2. The maximum Gasteiger partial charge on any atom is 0.295 e. The van der Waals surface area contributed by atoms with Gasteiger partial charge in [0.05, 0.1) is 0 Å². The Hall–Kier alpha value is -1.39. The Bertz CT molecular complexity index is 672. The minimum absolute atomic E-state index is 0.0226. The van der Waals surface area contributed by atoms with Gasteiger partial charge < -0.3 is 0 Å². The summed E-state index contributed by atoms with van der Waals surface area (Å²) in [6.07, 6.45) is 0.881. The van der Waals surface area contributed by atoms with Crippen LogP contribution in [0, 0.1) is 5.92 Å². The summed E-state index contributed by atoms with van der Waals surface area (Å²) in [5.74, 6) is 0.491. The molecule has 0 fully saturated rings. The van der Waals surface area contributed by atoms with E-state index in [1.54, 1.807) is 12.1 Å². The number of benzene rings is 2. The fourth-order valence-corrected chi connectivity index (χ4v) is 2.90. The Kier molecular flexibility index (Phi) is 3.41. The van der Waals surface area contributed by atoms with Crippen LogP contribution in [0.15, 0.2) is 41.3 Å². The van der Waals surface area contributed by atoms with Crippen LogP contribution in [-0.2, 0) is 16.5 Å². The van der Waals surface area contributed by atoms with Crippen molar-refractivity contribution in [1.29, 1.82) is 0 Å². The van der Waals surface area contributed by atoms with Gasteiger partial charge in [-0.1, -0.05) is 44.2 Å². The molecule has 0 radical (unpaired) electrons. The van der Waals surface area contributed by atoms with Gasteiger partial charge in [0.1, 0.15) is 4.90 Å². The average Bonchev–Trinajstić information content (AvgIpc) is 2.26. The van der Waals surface area contributed by atoms with Crippen molar-refractivity contribution in [2.24, 2.45) is 5.92 Å². The van der Waals surface area contributed by atoms with E-state index in [1.165, 1.54) is 6.07 Å². The Labute approximate surface area is 107 Å². The Morgan fingerprint density at radius 3 is 2.28 bits per heavy atom. The molecule has 0 aliphatic rings. The van der Waals surface area contributed by atoms with Gasteiger partial charge in [-0.3, -0.25) is 4.55 Å². The quantitative estimate of drug-likeness (QED) is 0.865. The second kappa shape index (κ2) is 4.71. The van der Waals surface area contributed by atoms with Crippen LogP contribution in [0.1, 0.15) is 19.4 Å². The van der Waals surface area contributed by atoms with Crippen molar-refractivity contribution in [2.75, 3.05) is 0 Å². The summed E-state index contributed by atoms with van der Waals surface area (Å²) in [4.78, 5) is -0.0226. The molecule has 96 valence electrons. The van der Waals surface area contributed by atoms with Gasteiger partial charge >= 0.3 is 0 Å². The van der Waals surface area contributed by atoms with E-state index in [1.807, 2.05) is 18.2 Å². The molecule has 0 heterocycles. The maximum absolute atomic E-state index is 11.3. The summed E-state index contributed by atoms with van der Waals surface area (Å²) >= 11 is 0. The largest absolute Gasteiger partial charge is 0.295 e. The number of hydrogen-bond donors (Lipinski definition) is 1. The molecule has 4 heteroatoms. The van der Waals surface area contributed by atoms with E-state index in [-0.39, 0.29) is 4.90 Å². The lowest BCUT2D eigenvalue weighted by Gasteiger charge is -2.10. The molecule has 0 saturated carbocycles. The smallest absolute Gasteiger partial charge is 0.282 e. The summed E-state index contributed by atoms with van der Waals surface area (Å²) < 4.78 is 31.9. The van der Waals surface area contributed by atoms with E-state index in [0.29, 0.717) is 11.3 Å². The molecular formula is C14H16O3S. The minimum atomic E-state index is -4.17. The first-order valence-electron chi connectivity index (χ1n) is 5.87. The standard InChI is InChI=1S/C14H16O3S/c1-10(2)9-11-5-3-7-13-12(11)6-4-8-14(13)18(15,16)17/h3-8,10H,9H2,1-2H3,(H,15,16,17). The summed E-state index contributed by atoms with van der Waals surface area (Å²) in [6, 6.07) is 10.5. The molecule has 0 aliphatic heterocycles. The molecule has 0 saturated heterocycles. The Balaban J connectivity index is 2.73. The molecule has 0 atom stereocenters. The third kappa shape index (κ3) is 2.54. The highest BCUT2D eigenvalue weighted by molar-refractivity contribution is 7.86. The van der Waals surface area contributed by atoms with Crippen LogP contribution in [0.4, 0.5) is 0 Å². The van der Waals surface area contributed by atoms with Crippen molar-refractivity contribution < 1.29 is 13.0 Å². The molecule has 18 heavy (non-hydrogen) atoms. The van der Waals surface area contributed by atoms with Gasteiger partial charge in [0.2, 0.25) is 0 Å². The topological polar surface area (TPSA) is 54.4 Å². The van der Waals surface area contributed by atoms with Crippen molar-refractivity contribution in [3.05, 3.63) is 42.0 Å². The average molecular weight is 264 g/mol. The van der Waals surface area contributed by atoms with Gasteiger partial charge in [0.25, 0.3) is 10.1 Å². The van der Waals surface area contributed by atoms with Gasteiger partial charge in [-0.15, -0.1) is 0 Å². The van der Waals surface area contributed by atoms with Crippen LogP contribution in [0.25, 0.3) is 10.8 Å². The zero-order valence-corrected chi connectivity index (χ0v) is 11.2. The first-order valence-corrected chi connectivity index (χ1v) is 7.31. The summed E-state index contributed by atoms with van der Waals surface area (Å²) in [5, 5.41) is 1.47. The second-order valence-electron chi connectivity index (χ2n) is 4.84. The minimum Gasteiger partial charge on any atom is -0.282 e. The van der Waals surface area contributed by atoms with Crippen LogP contribution in [-0.4, -0.2) is 13.0 Å². The van der Waals surface area contributed by atoms with E-state index in [2.05, 4.69) is 13.8 Å². The van der Waals surface area contributed by atoms with E-state index in [4.69, 9.17) is 0 Å². The highest BCUT2D eigenvalue weighted by Crippen LogP contribution is 2.26. The highest BCUT2D eigenvalue weighted by Gasteiger charge is 2.14. The monoisotopic (exact) mass is 264 g/mol. The van der Waals surface area contributed by atoms with Gasteiger partial charge in [-0.05, 0) is 29.4 Å². The third-order valence-electron chi connectivity index (χ3n) is 2.88. The molecule has 0 aromatic heterocycles. The van der Waals surface area contributed by atoms with Gasteiger partial charge in [-0.25, -0.2) is 0 Å². The summed E-state index contributed by atoms with van der Waals surface area (Å²) in [6.45, 7) is 4.23. The molecule has 2 aromatic carbocycles. The maximum atomic E-state index is 11.3. The van der Waals surface area contributed by atoms with Crippen molar-refractivity contribution in [2.45, 2.75) is 25.2 Å². The molecule has 0 unspecified atom stereocenters. The zero-order valence-electron chi connectivity index (χ0n) is 10.4. The molecular weight excluding hydrogens is 248 g/mol. The summed E-state index contributed by atoms with van der Waals surface area (Å²) in [7, 11) is -4.17. The lowest BCUT2D eigenvalue weighted by molar-refractivity contribution is 0.484. The molecule has 0 bridgehead atoms. The Morgan fingerprint density at radius 2 is 1.67 bits per heavy atom. The molecule has 0 amide bonds. The molecule has 1 N–H and O–H groups in total. The SMILES string of the molecule is CC(C)Cc1cccc2c(S(=O)(=O)O)cccc12. The lowest BCUT2D eigenvalue weighted by atomic mass is 9.97. The van der Waals surface area contributed by atoms with Crippen molar-refractivity contribution in [1.82, 2.24) is 0 Å². The van der Waals surface area contributed by atoms with E-state index < -0.39 is 10.1 Å². The fourth-order valence-electron chi connectivity index (χ4n) is 2.19. The predicted octanol–water partition coefficient (Wildman–Crippen LogP) is 3.29. The predicted molar refractivity (Wildman–Crippen MR) is 72.3 cm³/mol. The van der Waals surface area contributed by atoms with Crippen LogP contribution in [0.3, 0.4) is 0 Å². The van der Waals surface area contributed by atoms with Gasteiger partial charge in [-0.2, -0.15) is 8.42 Å². The van der Waals surface area contributed by atoms with E-state index in [9.17, 15) is 13.0 Å². The molecule has 2 rings (SSSR count). The zero-order chi connectivity index (χ0) is 13.3.